The molecule has 0 N–H and O–H groups in total. The molecule has 3 fully saturated rings. The van der Waals surface area contributed by atoms with Crippen LogP contribution in [0.15, 0.2) is 65.1 Å². The lowest BCUT2D eigenvalue weighted by molar-refractivity contribution is -0.385. The summed E-state index contributed by atoms with van der Waals surface area (Å²) in [4.78, 5) is 70.2. The van der Waals surface area contributed by atoms with Gasteiger partial charge in [0.05, 0.1) is 39.2 Å². The molecule has 47 heavy (non-hydrogen) atoms. The molecule has 3 aromatic carbocycles. The first-order chi connectivity index (χ1) is 22.5. The van der Waals surface area contributed by atoms with E-state index >= 15 is 0 Å². The summed E-state index contributed by atoms with van der Waals surface area (Å²) in [5.74, 6) is -1.38. The Labute approximate surface area is 278 Å². The van der Waals surface area contributed by atoms with Gasteiger partial charge in [-0.05, 0) is 80.3 Å². The Morgan fingerprint density at radius 1 is 1.00 bits per heavy atom. The lowest BCUT2D eigenvalue weighted by atomic mass is 9.81. The number of halogens is 1. The first-order valence-corrected chi connectivity index (χ1v) is 16.4. The first-order valence-electron chi connectivity index (χ1n) is 15.6. The van der Waals surface area contributed by atoms with Crippen LogP contribution in [0.3, 0.4) is 0 Å². The molecule has 0 radical (unpaired) electrons. The number of benzene rings is 3. The van der Waals surface area contributed by atoms with Crippen LogP contribution in [0.25, 0.3) is 22.2 Å². The molecule has 11 heteroatoms. The predicted octanol–water partition coefficient (Wildman–Crippen LogP) is 7.02. The molecule has 4 atom stereocenters. The number of hydrogen-bond acceptors (Lipinski definition) is 8. The van der Waals surface area contributed by atoms with Gasteiger partial charge < -0.3 is 4.74 Å². The molecule has 1 saturated heterocycles. The third-order valence-electron chi connectivity index (χ3n) is 9.97. The number of ether oxygens (including phenoxy) is 1. The number of ketones is 1. The molecule has 3 aliphatic rings. The maximum absolute atomic E-state index is 13.6. The minimum Gasteiger partial charge on any atom is -0.454 e. The maximum atomic E-state index is 13.6. The number of Topliss-reactive ketones (excluding diaryl/α,β-unsaturated/α-hetero) is 1. The van der Waals surface area contributed by atoms with Gasteiger partial charge in [-0.3, -0.25) is 29.4 Å². The third kappa shape index (κ3) is 5.22. The van der Waals surface area contributed by atoms with Gasteiger partial charge in [0.2, 0.25) is 17.6 Å². The number of aromatic nitrogens is 1. The van der Waals surface area contributed by atoms with Crippen LogP contribution in [0.1, 0.15) is 58.0 Å². The van der Waals surface area contributed by atoms with Crippen LogP contribution in [0.4, 0.5) is 11.4 Å². The second-order valence-corrected chi connectivity index (χ2v) is 13.5. The van der Waals surface area contributed by atoms with Crippen LogP contribution in [-0.2, 0) is 20.7 Å². The van der Waals surface area contributed by atoms with Crippen LogP contribution >= 0.6 is 15.9 Å². The van der Waals surface area contributed by atoms with Crippen molar-refractivity contribution >= 4 is 61.8 Å². The van der Waals surface area contributed by atoms with Gasteiger partial charge in [-0.2, -0.15) is 0 Å². The second-order valence-electron chi connectivity index (χ2n) is 12.6. The van der Waals surface area contributed by atoms with Crippen molar-refractivity contribution in [2.75, 3.05) is 11.5 Å². The molecule has 2 heterocycles. The van der Waals surface area contributed by atoms with E-state index in [4.69, 9.17) is 9.72 Å². The summed E-state index contributed by atoms with van der Waals surface area (Å²) in [6.07, 6.45) is 3.62. The van der Waals surface area contributed by atoms with Crippen LogP contribution in [0.5, 0.6) is 0 Å². The molecule has 0 spiro atoms. The van der Waals surface area contributed by atoms with Crippen LogP contribution < -0.4 is 4.90 Å². The summed E-state index contributed by atoms with van der Waals surface area (Å²) in [5.41, 5.74) is 3.63. The van der Waals surface area contributed by atoms with E-state index in [1.54, 1.807) is 43.3 Å². The quantitative estimate of drug-likeness (QED) is 0.0631. The standard InChI is InChI=1S/C36H30BrN3O7/c1-3-19-13-24(37)15-26-27(36(44)47-17-30(41)21-5-4-18(2)29(14-21)40(45)46)16-28(38-33(19)26)20-8-10-25(11-9-20)39-34(42)31-22-6-7-23(12-22)32(31)35(39)43/h4-5,8-11,13-16,22-23,31-32H,3,6-7,12,17H2,1-2H3. The molecule has 2 amide bonds. The van der Waals surface area contributed by atoms with E-state index in [0.29, 0.717) is 51.7 Å². The monoisotopic (exact) mass is 695 g/mol. The van der Waals surface area contributed by atoms with Crippen molar-refractivity contribution in [3.05, 3.63) is 97.5 Å². The van der Waals surface area contributed by atoms with Crippen LogP contribution in [0, 0.1) is 40.7 Å². The normalized spacial score (nSPS) is 21.4. The SMILES string of the molecule is CCc1cc(Br)cc2c(C(=O)OCC(=O)c3ccc(C)c([N+](=O)[O-])c3)cc(-c3ccc(N4C(=O)C5C6CCC(C6)C5C4=O)cc3)nc12. The number of anilines is 1. The van der Waals surface area contributed by atoms with Crippen molar-refractivity contribution in [2.24, 2.45) is 23.7 Å². The number of carbonyl (C=O) groups is 4. The van der Waals surface area contributed by atoms with Gasteiger partial charge in [0.25, 0.3) is 5.69 Å². The Morgan fingerprint density at radius 2 is 1.68 bits per heavy atom. The van der Waals surface area contributed by atoms with Crippen molar-refractivity contribution in [2.45, 2.75) is 39.5 Å². The molecule has 2 saturated carbocycles. The lowest BCUT2D eigenvalue weighted by Crippen LogP contribution is -2.32. The average Bonchev–Trinajstić information content (AvgIpc) is 3.76. The number of nitro groups is 1. The highest BCUT2D eigenvalue weighted by Crippen LogP contribution is 2.56. The van der Waals surface area contributed by atoms with Crippen molar-refractivity contribution in [1.82, 2.24) is 4.98 Å². The Kier molecular flexibility index (Phi) is 7.74. The summed E-state index contributed by atoms with van der Waals surface area (Å²) < 4.78 is 6.22. The van der Waals surface area contributed by atoms with E-state index in [-0.39, 0.29) is 40.5 Å². The Bertz CT molecular complexity index is 2000. The lowest BCUT2D eigenvalue weighted by Gasteiger charge is -2.19. The molecule has 2 bridgehead atoms. The van der Waals surface area contributed by atoms with Crippen molar-refractivity contribution < 1.29 is 28.8 Å². The third-order valence-corrected chi connectivity index (χ3v) is 10.4. The largest absolute Gasteiger partial charge is 0.454 e. The topological polar surface area (TPSA) is 137 Å². The molecule has 10 nitrogen and oxygen atoms in total. The minimum absolute atomic E-state index is 0.0673. The number of nitrogens with zero attached hydrogens (tertiary/aromatic N) is 3. The van der Waals surface area contributed by atoms with E-state index < -0.39 is 23.3 Å². The van der Waals surface area contributed by atoms with Crippen LogP contribution in [0.2, 0.25) is 0 Å². The van der Waals surface area contributed by atoms with Gasteiger partial charge in [-0.25, -0.2) is 9.78 Å². The number of rotatable bonds is 8. The smallest absolute Gasteiger partial charge is 0.339 e. The predicted molar refractivity (Wildman–Crippen MR) is 177 cm³/mol. The highest BCUT2D eigenvalue weighted by atomic mass is 79.9. The Hall–Kier alpha value is -4.77. The number of imide groups is 1. The van der Waals surface area contributed by atoms with Gasteiger partial charge in [0.1, 0.15) is 0 Å². The van der Waals surface area contributed by atoms with Gasteiger partial charge in [0.15, 0.2) is 6.61 Å². The molecule has 7 rings (SSSR count). The highest BCUT2D eigenvalue weighted by Gasteiger charge is 2.61. The zero-order chi connectivity index (χ0) is 33.1. The average molecular weight is 697 g/mol. The molecule has 238 valence electrons. The number of carbonyl (C=O) groups excluding carboxylic acids is 4. The fraction of sp³-hybridized carbons (Fsp3) is 0.306. The number of fused-ring (bicyclic) bond motifs is 6. The van der Waals surface area contributed by atoms with Gasteiger partial charge in [-0.1, -0.05) is 47.1 Å². The highest BCUT2D eigenvalue weighted by molar-refractivity contribution is 9.10. The fourth-order valence-corrected chi connectivity index (χ4v) is 8.17. The maximum Gasteiger partial charge on any atom is 0.339 e. The second kappa shape index (κ2) is 11.8. The molecule has 1 aromatic heterocycles. The first kappa shape index (κ1) is 30.9. The van der Waals surface area contributed by atoms with Gasteiger partial charge in [0, 0.05) is 32.6 Å². The zero-order valence-corrected chi connectivity index (χ0v) is 27.3. The number of aryl methyl sites for hydroxylation is 2. The summed E-state index contributed by atoms with van der Waals surface area (Å²) in [7, 11) is 0. The van der Waals surface area contributed by atoms with Gasteiger partial charge in [-0.15, -0.1) is 0 Å². The van der Waals surface area contributed by atoms with E-state index in [1.165, 1.54) is 23.1 Å². The summed E-state index contributed by atoms with van der Waals surface area (Å²) in [6.45, 7) is 2.95. The van der Waals surface area contributed by atoms with Crippen LogP contribution in [-0.4, -0.2) is 40.1 Å². The van der Waals surface area contributed by atoms with Crippen molar-refractivity contribution in [3.8, 4) is 11.3 Å². The zero-order valence-electron chi connectivity index (χ0n) is 25.7. The van der Waals surface area contributed by atoms with Crippen molar-refractivity contribution in [1.29, 1.82) is 0 Å². The molecule has 1 aliphatic heterocycles. The number of amides is 2. The number of nitro benzene ring substituents is 1. The molecule has 4 unspecified atom stereocenters. The number of esters is 1. The molecular weight excluding hydrogens is 666 g/mol. The van der Waals surface area contributed by atoms with E-state index in [1.807, 2.05) is 13.0 Å². The van der Waals surface area contributed by atoms with E-state index in [2.05, 4.69) is 15.9 Å². The summed E-state index contributed by atoms with van der Waals surface area (Å²) >= 11 is 3.52. The van der Waals surface area contributed by atoms with E-state index in [0.717, 1.165) is 29.3 Å². The summed E-state index contributed by atoms with van der Waals surface area (Å²) in [5, 5.41) is 11.9. The van der Waals surface area contributed by atoms with E-state index in [9.17, 15) is 29.3 Å². The molecule has 2 aliphatic carbocycles. The minimum atomic E-state index is -0.750. The Morgan fingerprint density at radius 3 is 2.32 bits per heavy atom. The van der Waals surface area contributed by atoms with Gasteiger partial charge >= 0.3 is 5.97 Å². The Balaban J connectivity index is 1.19. The number of hydrogen-bond donors (Lipinski definition) is 0. The van der Waals surface area contributed by atoms with Crippen molar-refractivity contribution in [3.63, 3.8) is 0 Å². The number of pyridine rings is 1. The summed E-state index contributed by atoms with van der Waals surface area (Å²) in [6, 6.07) is 16.5. The molecular formula is C36H30BrN3O7. The fourth-order valence-electron chi connectivity index (χ4n) is 7.66. The molecule has 4 aromatic rings.